The highest BCUT2D eigenvalue weighted by Crippen LogP contribution is 2.38. The van der Waals surface area contributed by atoms with Crippen LogP contribution in [0.2, 0.25) is 0 Å². The van der Waals surface area contributed by atoms with E-state index >= 15 is 0 Å². The van der Waals surface area contributed by atoms with Gasteiger partial charge in [-0.3, -0.25) is 4.79 Å². The van der Waals surface area contributed by atoms with Crippen molar-refractivity contribution in [3.63, 3.8) is 0 Å². The van der Waals surface area contributed by atoms with Crippen LogP contribution in [0, 0.1) is 0 Å². The first kappa shape index (κ1) is 8.77. The molecule has 0 aliphatic carbocycles. The normalized spacial score (nSPS) is 11.4. The predicted molar refractivity (Wildman–Crippen MR) is 59.6 cm³/mol. The number of anilines is 4. The molecule has 0 fully saturated rings. The van der Waals surface area contributed by atoms with Gasteiger partial charge in [-0.15, -0.1) is 0 Å². The van der Waals surface area contributed by atoms with Crippen molar-refractivity contribution in [3.8, 4) is 0 Å². The van der Waals surface area contributed by atoms with E-state index in [1.165, 1.54) is 0 Å². The van der Waals surface area contributed by atoms with Crippen molar-refractivity contribution in [3.05, 3.63) is 9.96 Å². The Morgan fingerprint density at radius 3 is 2.14 bits per heavy atom. The van der Waals surface area contributed by atoms with Gasteiger partial charge >= 0.3 is 0 Å². The summed E-state index contributed by atoms with van der Waals surface area (Å²) in [5.74, 6) is 0. The number of fused-ring (bicyclic) bond motifs is 1. The Morgan fingerprint density at radius 2 is 1.50 bits per heavy atom. The topological polar surface area (TPSA) is 134 Å². The SMILES string of the molecule is Nc1c(N)c(N)c2c(=O)[pH]oc2c1N. The van der Waals surface area contributed by atoms with E-state index in [2.05, 4.69) is 0 Å². The van der Waals surface area contributed by atoms with Crippen LogP contribution >= 0.6 is 8.43 Å². The average Bonchev–Trinajstić information content (AvgIpc) is 2.54. The van der Waals surface area contributed by atoms with Crippen LogP contribution in [0.3, 0.4) is 0 Å². The van der Waals surface area contributed by atoms with Crippen molar-refractivity contribution in [1.29, 1.82) is 0 Å². The van der Waals surface area contributed by atoms with Crippen LogP contribution in [0.4, 0.5) is 22.7 Å². The van der Waals surface area contributed by atoms with Gasteiger partial charge in [0.05, 0.1) is 30.9 Å². The molecule has 74 valence electrons. The standard InChI is InChI=1S/C7H9N4O2P/c8-2-1-6(13-14-7(1)12)5(11)4(10)3(2)9/h14H,8-11H2. The summed E-state index contributed by atoms with van der Waals surface area (Å²) in [6.45, 7) is 0. The van der Waals surface area contributed by atoms with E-state index in [9.17, 15) is 4.79 Å². The van der Waals surface area contributed by atoms with Gasteiger partial charge in [0.2, 0.25) is 5.16 Å². The molecule has 1 atom stereocenters. The molecule has 0 saturated carbocycles. The molecular weight excluding hydrogens is 203 g/mol. The lowest BCUT2D eigenvalue weighted by molar-refractivity contribution is 0.757. The lowest BCUT2D eigenvalue weighted by Gasteiger charge is -2.07. The van der Waals surface area contributed by atoms with E-state index in [-0.39, 0.29) is 47.3 Å². The second-order valence-corrected chi connectivity index (χ2v) is 3.75. The van der Waals surface area contributed by atoms with Crippen molar-refractivity contribution in [2.45, 2.75) is 0 Å². The molecule has 0 spiro atoms. The molecule has 0 saturated heterocycles. The van der Waals surface area contributed by atoms with Gasteiger partial charge < -0.3 is 27.1 Å². The highest BCUT2D eigenvalue weighted by Gasteiger charge is 2.16. The van der Waals surface area contributed by atoms with E-state index in [0.29, 0.717) is 0 Å². The van der Waals surface area contributed by atoms with Gasteiger partial charge in [0.25, 0.3) is 0 Å². The van der Waals surface area contributed by atoms with Crippen LogP contribution in [0.5, 0.6) is 0 Å². The first-order valence-corrected chi connectivity index (χ1v) is 4.68. The van der Waals surface area contributed by atoms with Gasteiger partial charge in [0, 0.05) is 0 Å². The van der Waals surface area contributed by atoms with Crippen LogP contribution < -0.4 is 28.1 Å². The number of hydrogen-bond donors (Lipinski definition) is 4. The Balaban J connectivity index is 3.13. The van der Waals surface area contributed by atoms with Gasteiger partial charge in [-0.2, -0.15) is 0 Å². The van der Waals surface area contributed by atoms with Gasteiger partial charge in [-0.05, 0) is 0 Å². The second-order valence-electron chi connectivity index (χ2n) is 2.89. The van der Waals surface area contributed by atoms with Crippen LogP contribution in [0.1, 0.15) is 0 Å². The van der Waals surface area contributed by atoms with Crippen LogP contribution in [0.15, 0.2) is 8.99 Å². The lowest BCUT2D eigenvalue weighted by atomic mass is 10.1. The van der Waals surface area contributed by atoms with Crippen molar-refractivity contribution in [2.24, 2.45) is 0 Å². The first-order valence-electron chi connectivity index (χ1n) is 3.77. The molecule has 1 unspecified atom stereocenters. The van der Waals surface area contributed by atoms with Crippen molar-refractivity contribution in [1.82, 2.24) is 0 Å². The molecule has 6 nitrogen and oxygen atoms in total. The third kappa shape index (κ3) is 0.885. The number of nitrogen functional groups attached to an aromatic ring is 4. The molecule has 14 heavy (non-hydrogen) atoms. The highest BCUT2D eigenvalue weighted by molar-refractivity contribution is 7.22. The van der Waals surface area contributed by atoms with Crippen molar-refractivity contribution < 1.29 is 4.20 Å². The Hall–Kier alpha value is -1.81. The summed E-state index contributed by atoms with van der Waals surface area (Å²) >= 11 is 0. The molecule has 1 aromatic heterocycles. The number of nitrogens with two attached hydrogens (primary N) is 4. The smallest absolute Gasteiger partial charge is 0.240 e. The zero-order chi connectivity index (χ0) is 10.5. The molecule has 0 aliphatic heterocycles. The van der Waals surface area contributed by atoms with E-state index in [0.717, 1.165) is 0 Å². The zero-order valence-electron chi connectivity index (χ0n) is 7.13. The highest BCUT2D eigenvalue weighted by atomic mass is 31.1. The molecule has 2 aromatic rings. The molecule has 2 rings (SSSR count). The van der Waals surface area contributed by atoms with Crippen molar-refractivity contribution >= 4 is 42.2 Å². The minimum atomic E-state index is -0.304. The average molecular weight is 212 g/mol. The van der Waals surface area contributed by atoms with Gasteiger partial charge in [-0.25, -0.2) is 0 Å². The summed E-state index contributed by atoms with van der Waals surface area (Å²) in [6, 6.07) is 0. The minimum Gasteiger partial charge on any atom is -0.447 e. The fourth-order valence-electron chi connectivity index (χ4n) is 1.28. The summed E-state index contributed by atoms with van der Waals surface area (Å²) < 4.78 is 5.10. The fourth-order valence-corrected chi connectivity index (χ4v) is 2.04. The van der Waals surface area contributed by atoms with Gasteiger partial charge in [-0.1, -0.05) is 0 Å². The van der Waals surface area contributed by atoms with E-state index < -0.39 is 0 Å². The first-order chi connectivity index (χ1) is 6.54. The van der Waals surface area contributed by atoms with Crippen molar-refractivity contribution in [2.75, 3.05) is 22.9 Å². The van der Waals surface area contributed by atoms with Gasteiger partial charge in [0.1, 0.15) is 5.69 Å². The predicted octanol–water partition coefficient (Wildman–Crippen LogP) is 0.153. The summed E-state index contributed by atoms with van der Waals surface area (Å²) in [6.07, 6.45) is 0. The Bertz CT molecular complexity index is 571. The molecule has 0 aliphatic rings. The summed E-state index contributed by atoms with van der Waals surface area (Å²) in [5, 5.41) is 0.0587. The van der Waals surface area contributed by atoms with E-state index in [4.69, 9.17) is 27.1 Å². The molecule has 0 amide bonds. The van der Waals surface area contributed by atoms with Crippen LogP contribution in [-0.4, -0.2) is 0 Å². The Kier molecular flexibility index (Phi) is 1.62. The zero-order valence-corrected chi connectivity index (χ0v) is 8.13. The molecule has 7 heteroatoms. The molecule has 8 N–H and O–H groups in total. The van der Waals surface area contributed by atoms with Crippen LogP contribution in [-0.2, 0) is 0 Å². The molecule has 1 aromatic carbocycles. The maximum atomic E-state index is 11.4. The van der Waals surface area contributed by atoms with Crippen LogP contribution in [0.25, 0.3) is 11.0 Å². The minimum absolute atomic E-state index is 0.143. The molecule has 0 radical (unpaired) electrons. The second kappa shape index (κ2) is 2.59. The third-order valence-electron chi connectivity index (χ3n) is 2.08. The maximum absolute atomic E-state index is 11.4. The molecule has 0 bridgehead atoms. The summed E-state index contributed by atoms with van der Waals surface area (Å²) in [4.78, 5) is 11.4. The monoisotopic (exact) mass is 212 g/mol. The number of rotatable bonds is 0. The maximum Gasteiger partial charge on any atom is 0.240 e. The quantitative estimate of drug-likeness (QED) is 0.459. The number of hydrogen-bond acceptors (Lipinski definition) is 6. The molecular formula is C7H9N4O2P. The molecule has 1 heterocycles. The largest absolute Gasteiger partial charge is 0.447 e. The summed E-state index contributed by atoms with van der Waals surface area (Å²) in [5.41, 5.74) is 23.3. The number of benzene rings is 1. The summed E-state index contributed by atoms with van der Waals surface area (Å²) in [7, 11) is -0.304. The Labute approximate surface area is 80.0 Å². The van der Waals surface area contributed by atoms with E-state index in [1.807, 2.05) is 0 Å². The third-order valence-corrected chi connectivity index (χ3v) is 2.83. The van der Waals surface area contributed by atoms with E-state index in [1.54, 1.807) is 0 Å². The lowest BCUT2D eigenvalue weighted by Crippen LogP contribution is -2.06. The van der Waals surface area contributed by atoms with Gasteiger partial charge in [0.15, 0.2) is 5.58 Å². The Morgan fingerprint density at radius 1 is 0.929 bits per heavy atom. The fraction of sp³-hybridized carbons (Fsp3) is 0.